The second kappa shape index (κ2) is 7.59. The normalized spacial score (nSPS) is 17.1. The number of primary amides is 1. The molecule has 0 radical (unpaired) electrons. The molecule has 0 saturated carbocycles. The summed E-state index contributed by atoms with van der Waals surface area (Å²) < 4.78 is 66.2. The first-order chi connectivity index (χ1) is 13.1. The Morgan fingerprint density at radius 3 is 2.75 bits per heavy atom. The second-order valence-electron chi connectivity index (χ2n) is 6.33. The van der Waals surface area contributed by atoms with Gasteiger partial charge >= 0.3 is 6.18 Å². The van der Waals surface area contributed by atoms with Crippen molar-refractivity contribution in [3.8, 4) is 11.6 Å². The maximum atomic E-state index is 14.6. The monoisotopic (exact) mass is 421 g/mol. The lowest BCUT2D eigenvalue weighted by Crippen LogP contribution is -2.21. The van der Waals surface area contributed by atoms with Gasteiger partial charge in [-0.15, -0.1) is 5.10 Å². The van der Waals surface area contributed by atoms with Crippen molar-refractivity contribution in [2.45, 2.75) is 38.6 Å². The number of ether oxygens (including phenoxy) is 2. The fourth-order valence-electron chi connectivity index (χ4n) is 2.96. The Morgan fingerprint density at radius 2 is 2.18 bits per heavy atom. The lowest BCUT2D eigenvalue weighted by molar-refractivity contribution is -0.138. The lowest BCUT2D eigenvalue weighted by Gasteiger charge is -2.15. The van der Waals surface area contributed by atoms with Gasteiger partial charge in [-0.25, -0.2) is 4.39 Å². The van der Waals surface area contributed by atoms with Crippen LogP contribution in [0.1, 0.15) is 34.5 Å². The molecule has 1 aliphatic heterocycles. The van der Waals surface area contributed by atoms with Crippen LogP contribution in [0.2, 0.25) is 5.02 Å². The van der Waals surface area contributed by atoms with Gasteiger partial charge in [0, 0.05) is 18.4 Å². The van der Waals surface area contributed by atoms with Gasteiger partial charge in [0.2, 0.25) is 5.88 Å². The smallest absolute Gasteiger partial charge is 0.417 e. The number of amides is 1. The zero-order chi connectivity index (χ0) is 20.6. The van der Waals surface area contributed by atoms with E-state index < -0.39 is 39.8 Å². The predicted molar refractivity (Wildman–Crippen MR) is 90.9 cm³/mol. The molecule has 28 heavy (non-hydrogen) atoms. The van der Waals surface area contributed by atoms with E-state index in [9.17, 15) is 22.4 Å². The number of aryl methyl sites for hydroxylation is 1. The van der Waals surface area contributed by atoms with E-state index in [1.54, 1.807) is 11.6 Å². The van der Waals surface area contributed by atoms with Crippen molar-refractivity contribution in [1.82, 2.24) is 9.78 Å². The van der Waals surface area contributed by atoms with E-state index in [0.29, 0.717) is 24.9 Å². The van der Waals surface area contributed by atoms with Crippen LogP contribution in [-0.2, 0) is 17.5 Å². The second-order valence-corrected chi connectivity index (χ2v) is 6.74. The van der Waals surface area contributed by atoms with E-state index in [2.05, 4.69) is 5.10 Å². The summed E-state index contributed by atoms with van der Waals surface area (Å²) in [6, 6.07) is 1.86. The molecule has 1 fully saturated rings. The summed E-state index contributed by atoms with van der Waals surface area (Å²) in [5.74, 6) is -4.04. The maximum absolute atomic E-state index is 14.6. The maximum Gasteiger partial charge on any atom is 0.417 e. The van der Waals surface area contributed by atoms with Crippen LogP contribution in [0.3, 0.4) is 0 Å². The highest BCUT2D eigenvalue weighted by molar-refractivity contribution is 6.32. The number of hydrogen-bond acceptors (Lipinski definition) is 4. The number of aromatic nitrogens is 2. The third-order valence-electron chi connectivity index (χ3n) is 4.29. The first kappa shape index (κ1) is 20.4. The quantitative estimate of drug-likeness (QED) is 0.738. The van der Waals surface area contributed by atoms with Gasteiger partial charge in [0.1, 0.15) is 0 Å². The summed E-state index contributed by atoms with van der Waals surface area (Å²) in [6.07, 6.45) is -3.22. The highest BCUT2D eigenvalue weighted by Crippen LogP contribution is 2.41. The van der Waals surface area contributed by atoms with E-state index in [0.717, 1.165) is 12.8 Å². The summed E-state index contributed by atoms with van der Waals surface area (Å²) in [5, 5.41) is 3.48. The number of carbonyl (C=O) groups is 1. The number of halogens is 5. The summed E-state index contributed by atoms with van der Waals surface area (Å²) in [4.78, 5) is 11.4. The summed E-state index contributed by atoms with van der Waals surface area (Å²) in [6.45, 7) is 2.84. The van der Waals surface area contributed by atoms with Gasteiger partial charge < -0.3 is 15.2 Å². The molecule has 3 rings (SSSR count). The molecular weight excluding hydrogens is 406 g/mol. The van der Waals surface area contributed by atoms with E-state index in [1.807, 2.05) is 0 Å². The van der Waals surface area contributed by atoms with E-state index in [4.69, 9.17) is 26.8 Å². The highest BCUT2D eigenvalue weighted by atomic mass is 35.5. The van der Waals surface area contributed by atoms with E-state index >= 15 is 0 Å². The van der Waals surface area contributed by atoms with Gasteiger partial charge in [-0.3, -0.25) is 9.48 Å². The number of nitrogens with zero attached hydrogens (tertiary/aromatic N) is 2. The minimum Gasteiger partial charge on any atom is -0.433 e. The molecule has 2 heterocycles. The first-order valence-corrected chi connectivity index (χ1v) is 8.68. The van der Waals surface area contributed by atoms with Crippen LogP contribution < -0.4 is 10.5 Å². The molecule has 2 N–H and O–H groups in total. The Morgan fingerprint density at radius 1 is 1.46 bits per heavy atom. The minimum atomic E-state index is -5.02. The molecular formula is C17H16ClF4N3O3. The molecule has 1 atom stereocenters. The van der Waals surface area contributed by atoms with Gasteiger partial charge in [0.25, 0.3) is 5.91 Å². The standard InChI is InChI=1S/C17H16ClF4N3O3/c1-8-5-12(24-25(8)7-9-3-2-4-27-9)28-15-11(18)6-10(17(20,21)22)13(14(15)19)16(23)26/h5-6,9H,2-4,7H2,1H3,(H2,23,26). The molecule has 2 aromatic rings. The molecule has 1 aromatic carbocycles. The van der Waals surface area contributed by atoms with Gasteiger partial charge in [-0.05, 0) is 25.8 Å². The van der Waals surface area contributed by atoms with E-state index in [-0.39, 0.29) is 12.0 Å². The molecule has 1 amide bonds. The topological polar surface area (TPSA) is 79.4 Å². The molecule has 6 nitrogen and oxygen atoms in total. The Bertz CT molecular complexity index is 908. The van der Waals surface area contributed by atoms with Gasteiger partial charge in [-0.2, -0.15) is 13.2 Å². The number of hydrogen-bond donors (Lipinski definition) is 1. The van der Waals surface area contributed by atoms with Crippen LogP contribution >= 0.6 is 11.6 Å². The molecule has 0 aliphatic carbocycles. The molecule has 1 saturated heterocycles. The Kier molecular flexibility index (Phi) is 5.53. The van der Waals surface area contributed by atoms with Crippen LogP contribution in [0, 0.1) is 12.7 Å². The summed E-state index contributed by atoms with van der Waals surface area (Å²) >= 11 is 5.78. The first-order valence-electron chi connectivity index (χ1n) is 8.30. The van der Waals surface area contributed by atoms with Crippen molar-refractivity contribution in [3.63, 3.8) is 0 Å². The molecule has 1 aromatic heterocycles. The molecule has 152 valence electrons. The largest absolute Gasteiger partial charge is 0.433 e. The van der Waals surface area contributed by atoms with Gasteiger partial charge in [0.05, 0.1) is 28.8 Å². The molecule has 0 bridgehead atoms. The molecule has 1 unspecified atom stereocenters. The van der Waals surface area contributed by atoms with Crippen LogP contribution in [-0.4, -0.2) is 28.4 Å². The molecule has 11 heteroatoms. The van der Waals surface area contributed by atoms with Gasteiger partial charge in [0.15, 0.2) is 11.6 Å². The number of rotatable bonds is 5. The lowest BCUT2D eigenvalue weighted by atomic mass is 10.0. The number of alkyl halides is 3. The van der Waals surface area contributed by atoms with Crippen molar-refractivity contribution in [2.24, 2.45) is 5.73 Å². The Balaban J connectivity index is 1.94. The molecule has 0 spiro atoms. The van der Waals surface area contributed by atoms with Crippen LogP contribution in [0.5, 0.6) is 11.6 Å². The van der Waals surface area contributed by atoms with Crippen molar-refractivity contribution < 1.29 is 31.8 Å². The fraction of sp³-hybridized carbons (Fsp3) is 0.412. The minimum absolute atomic E-state index is 0.0145. The van der Waals surface area contributed by atoms with E-state index in [1.165, 1.54) is 6.07 Å². The fourth-order valence-corrected chi connectivity index (χ4v) is 3.19. The third-order valence-corrected chi connectivity index (χ3v) is 4.57. The Hall–Kier alpha value is -2.33. The highest BCUT2D eigenvalue weighted by Gasteiger charge is 2.39. The number of nitrogens with two attached hydrogens (primary N) is 1. The average Bonchev–Trinajstić information content (AvgIpc) is 3.20. The van der Waals surface area contributed by atoms with Crippen molar-refractivity contribution >= 4 is 17.5 Å². The van der Waals surface area contributed by atoms with Crippen molar-refractivity contribution in [2.75, 3.05) is 6.61 Å². The summed E-state index contributed by atoms with van der Waals surface area (Å²) in [7, 11) is 0. The van der Waals surface area contributed by atoms with Gasteiger partial charge in [-0.1, -0.05) is 11.6 Å². The SMILES string of the molecule is Cc1cc(Oc2c(Cl)cc(C(F)(F)F)c(C(N)=O)c2F)nn1CC1CCCO1. The van der Waals surface area contributed by atoms with Crippen molar-refractivity contribution in [1.29, 1.82) is 0 Å². The predicted octanol–water partition coefficient (Wildman–Crippen LogP) is 4.07. The van der Waals surface area contributed by atoms with Crippen LogP contribution in [0.25, 0.3) is 0 Å². The number of benzene rings is 1. The van der Waals surface area contributed by atoms with Crippen molar-refractivity contribution in [3.05, 3.63) is 39.8 Å². The zero-order valence-corrected chi connectivity index (χ0v) is 15.4. The molecule has 1 aliphatic rings. The number of carbonyl (C=O) groups excluding carboxylic acids is 1. The summed E-state index contributed by atoms with van der Waals surface area (Å²) in [5.41, 5.74) is 2.68. The van der Waals surface area contributed by atoms with Crippen LogP contribution in [0.15, 0.2) is 12.1 Å². The average molecular weight is 422 g/mol. The Labute approximate surface area is 162 Å². The van der Waals surface area contributed by atoms with Crippen LogP contribution in [0.4, 0.5) is 17.6 Å². The zero-order valence-electron chi connectivity index (χ0n) is 14.6. The third kappa shape index (κ3) is 4.07.